The van der Waals surface area contributed by atoms with Gasteiger partial charge in [-0.1, -0.05) is 204 Å². The smallest absolute Gasteiger partial charge is 0.343 e. The average molecular weight is 1070 g/mol. The molecule has 0 saturated carbocycles. The van der Waals surface area contributed by atoms with E-state index in [9.17, 15) is 20.1 Å². The summed E-state index contributed by atoms with van der Waals surface area (Å²) in [6.07, 6.45) is 34.9. The molecule has 80 heavy (non-hydrogen) atoms. The first-order chi connectivity index (χ1) is 39.3. The molecule has 6 aromatic carbocycles. The summed E-state index contributed by atoms with van der Waals surface area (Å²) in [4.78, 5) is 26.4. The predicted octanol–water partition coefficient (Wildman–Crippen LogP) is 20.1. The number of hydrogen-bond acceptors (Lipinski definition) is 8. The Labute approximate surface area is 478 Å². The second-order valence-electron chi connectivity index (χ2n) is 20.9. The first-order valence-electron chi connectivity index (χ1n) is 29.9. The molecule has 0 aliphatic carbocycles. The number of carbonyl (C=O) groups excluding carboxylic acids is 2. The van der Waals surface area contributed by atoms with Gasteiger partial charge >= 0.3 is 11.9 Å². The second-order valence-corrected chi connectivity index (χ2v) is 20.9. The lowest BCUT2D eigenvalue weighted by Gasteiger charge is -2.09. The molecular formula is C72H84N2O6. The van der Waals surface area contributed by atoms with Gasteiger partial charge in [0.1, 0.15) is 23.0 Å². The highest BCUT2D eigenvalue weighted by atomic mass is 16.5. The maximum absolute atomic E-state index is 13.2. The van der Waals surface area contributed by atoms with E-state index in [-0.39, 0.29) is 0 Å². The number of allylic oxidation sites excluding steroid dienone is 2. The number of ether oxygens (including phenoxy) is 4. The fraction of sp³-hybridized carbons (Fsp3) is 0.389. The summed E-state index contributed by atoms with van der Waals surface area (Å²) in [7, 11) is 0. The van der Waals surface area contributed by atoms with Crippen LogP contribution in [0.25, 0.3) is 34.4 Å². The van der Waals surface area contributed by atoms with Crippen molar-refractivity contribution >= 4 is 35.2 Å². The van der Waals surface area contributed by atoms with Crippen molar-refractivity contribution < 1.29 is 28.5 Å². The van der Waals surface area contributed by atoms with Crippen LogP contribution in [0.2, 0.25) is 0 Å². The molecule has 0 spiro atoms. The Balaban J connectivity index is 0.894. The molecular weight excluding hydrogens is 989 g/mol. The van der Waals surface area contributed by atoms with Crippen LogP contribution < -0.4 is 18.9 Å². The molecule has 418 valence electrons. The molecule has 8 nitrogen and oxygen atoms in total. The minimum atomic E-state index is -0.510. The third kappa shape index (κ3) is 22.6. The van der Waals surface area contributed by atoms with E-state index < -0.39 is 11.9 Å². The topological polar surface area (TPSA) is 119 Å². The number of benzene rings is 6. The van der Waals surface area contributed by atoms with Gasteiger partial charge in [-0.2, -0.15) is 10.5 Å². The van der Waals surface area contributed by atoms with E-state index in [1.807, 2.05) is 72.8 Å². The molecule has 6 aromatic rings. The molecule has 8 heteroatoms. The van der Waals surface area contributed by atoms with Gasteiger partial charge in [-0.3, -0.25) is 0 Å². The Kier molecular flexibility index (Phi) is 28.1. The van der Waals surface area contributed by atoms with Crippen LogP contribution in [0, 0.1) is 22.7 Å². The number of esters is 2. The lowest BCUT2D eigenvalue weighted by molar-refractivity contribution is 0.0725. The first kappa shape index (κ1) is 61.5. The van der Waals surface area contributed by atoms with Gasteiger partial charge in [-0.15, -0.1) is 0 Å². The fourth-order valence-corrected chi connectivity index (χ4v) is 9.64. The number of unbranched alkanes of at least 4 members (excludes halogenated alkanes) is 22. The number of rotatable bonds is 37. The molecule has 6 rings (SSSR count). The summed E-state index contributed by atoms with van der Waals surface area (Å²) in [6, 6.07) is 48.1. The van der Waals surface area contributed by atoms with Crippen molar-refractivity contribution in [2.45, 2.75) is 168 Å². The van der Waals surface area contributed by atoms with Crippen LogP contribution >= 0.6 is 0 Å². The summed E-state index contributed by atoms with van der Waals surface area (Å²) in [5.41, 5.74) is 6.54. The monoisotopic (exact) mass is 1070 g/mol. The van der Waals surface area contributed by atoms with Gasteiger partial charge < -0.3 is 18.9 Å². The van der Waals surface area contributed by atoms with Gasteiger partial charge in [0.05, 0.1) is 47.6 Å². The van der Waals surface area contributed by atoms with Gasteiger partial charge in [0.15, 0.2) is 0 Å². The molecule has 0 fully saturated rings. The van der Waals surface area contributed by atoms with E-state index in [4.69, 9.17) is 18.9 Å². The minimum absolute atomic E-state index is 0.372. The van der Waals surface area contributed by atoms with Gasteiger partial charge in [0.25, 0.3) is 0 Å². The quantitative estimate of drug-likeness (QED) is 0.0124. The van der Waals surface area contributed by atoms with Gasteiger partial charge in [-0.25, -0.2) is 9.59 Å². The highest BCUT2D eigenvalue weighted by Gasteiger charge is 2.13. The van der Waals surface area contributed by atoms with Gasteiger partial charge in [-0.05, 0) is 155 Å². The highest BCUT2D eigenvalue weighted by molar-refractivity contribution is 5.94. The van der Waals surface area contributed by atoms with E-state index in [1.54, 1.807) is 84.9 Å². The van der Waals surface area contributed by atoms with E-state index in [0.717, 1.165) is 57.7 Å². The van der Waals surface area contributed by atoms with Crippen LogP contribution in [-0.2, 0) is 0 Å². The fourth-order valence-electron chi connectivity index (χ4n) is 9.64. The Morgan fingerprint density at radius 3 is 1.07 bits per heavy atom. The minimum Gasteiger partial charge on any atom is -0.494 e. The molecule has 0 atom stereocenters. The third-order valence-electron chi connectivity index (χ3n) is 14.5. The number of hydrogen-bond donors (Lipinski definition) is 0. The standard InChI is InChI=1S/C72H84N2O6/c1-3-5-7-9-11-13-15-17-19-21-23-25-50-77-67-44-38-60(39-45-67)65(55-73)52-57-30-34-62(35-31-57)71(75)79-69-48-42-59(43-49-69)64-28-27-29-70(54-64)80-72(76)63-36-32-58(33-37-63)53-66(56-74)61-40-46-68(47-41-61)78-51-26-24-22-20-18-16-14-12-10-8-6-4-2/h27-49,52-54H,3-26,50-51H2,1-2H3/b65-52+,66-53+. The normalized spacial score (nSPS) is 11.4. The molecule has 0 heterocycles. The second kappa shape index (κ2) is 36.5. The number of nitrogens with zero attached hydrogens (tertiary/aromatic N) is 2. The molecule has 0 amide bonds. The van der Waals surface area contributed by atoms with Crippen LogP contribution in [0.4, 0.5) is 0 Å². The van der Waals surface area contributed by atoms with Gasteiger partial charge in [0, 0.05) is 0 Å². The predicted molar refractivity (Wildman–Crippen MR) is 328 cm³/mol. The molecule has 0 aromatic heterocycles. The van der Waals surface area contributed by atoms with E-state index in [2.05, 4.69) is 26.0 Å². The molecule has 0 bridgehead atoms. The first-order valence-corrected chi connectivity index (χ1v) is 29.9. The number of carbonyl (C=O) groups is 2. The van der Waals surface area contributed by atoms with E-state index in [0.29, 0.717) is 47.0 Å². The van der Waals surface area contributed by atoms with Gasteiger partial charge in [0.2, 0.25) is 0 Å². The van der Waals surface area contributed by atoms with Crippen molar-refractivity contribution in [1.29, 1.82) is 10.5 Å². The Morgan fingerprint density at radius 1 is 0.362 bits per heavy atom. The van der Waals surface area contributed by atoms with Crippen LogP contribution in [0.3, 0.4) is 0 Å². The lowest BCUT2D eigenvalue weighted by atomic mass is 10.0. The molecule has 0 N–H and O–H groups in total. The maximum atomic E-state index is 13.2. The summed E-state index contributed by atoms with van der Waals surface area (Å²) < 4.78 is 23.5. The Morgan fingerprint density at radius 2 is 0.700 bits per heavy atom. The zero-order valence-electron chi connectivity index (χ0n) is 47.7. The van der Waals surface area contributed by atoms with Crippen molar-refractivity contribution in [3.05, 3.63) is 179 Å². The highest BCUT2D eigenvalue weighted by Crippen LogP contribution is 2.29. The number of nitriles is 2. The van der Waals surface area contributed by atoms with E-state index >= 15 is 0 Å². The molecule has 0 aliphatic heterocycles. The van der Waals surface area contributed by atoms with Crippen LogP contribution in [0.5, 0.6) is 23.0 Å². The summed E-state index contributed by atoms with van der Waals surface area (Å²) >= 11 is 0. The lowest BCUT2D eigenvalue weighted by Crippen LogP contribution is -2.08. The van der Waals surface area contributed by atoms with E-state index in [1.165, 1.54) is 141 Å². The third-order valence-corrected chi connectivity index (χ3v) is 14.5. The summed E-state index contributed by atoms with van der Waals surface area (Å²) in [5.74, 6) is 1.33. The zero-order chi connectivity index (χ0) is 56.2. The van der Waals surface area contributed by atoms with Crippen molar-refractivity contribution in [3.8, 4) is 46.3 Å². The van der Waals surface area contributed by atoms with Crippen molar-refractivity contribution in [1.82, 2.24) is 0 Å². The summed E-state index contributed by atoms with van der Waals surface area (Å²) in [5, 5.41) is 20.0. The van der Waals surface area contributed by atoms with Crippen LogP contribution in [0.15, 0.2) is 146 Å². The van der Waals surface area contributed by atoms with Crippen molar-refractivity contribution in [3.63, 3.8) is 0 Å². The Hall–Kier alpha value is -7.68. The largest absolute Gasteiger partial charge is 0.494 e. The summed E-state index contributed by atoms with van der Waals surface area (Å²) in [6.45, 7) is 5.90. The van der Waals surface area contributed by atoms with Crippen LogP contribution in [0.1, 0.15) is 211 Å². The van der Waals surface area contributed by atoms with Crippen LogP contribution in [-0.4, -0.2) is 25.2 Å². The Bertz CT molecular complexity index is 2890. The average Bonchev–Trinajstić information content (AvgIpc) is 3.49. The molecule has 0 saturated heterocycles. The molecule has 0 aliphatic rings. The molecule has 0 unspecified atom stereocenters. The molecule has 0 radical (unpaired) electrons. The zero-order valence-corrected chi connectivity index (χ0v) is 47.7. The maximum Gasteiger partial charge on any atom is 0.343 e. The van der Waals surface area contributed by atoms with Crippen molar-refractivity contribution in [2.24, 2.45) is 0 Å². The van der Waals surface area contributed by atoms with Crippen molar-refractivity contribution in [2.75, 3.05) is 13.2 Å². The SMILES string of the molecule is CCCCCCCCCCCCCCOc1ccc(/C(C#N)=C/c2ccc(C(=O)Oc3ccc(-c4cccc(OC(=O)c5ccc(/C=C(\C#N)c6ccc(OCCCCCCCCCCCCCC)cc6)cc5)c4)cc3)cc2)cc1.